The SMILES string of the molecule is CCC[C@@H](N)C(=O)NCc1ccn[nH]1. The molecule has 5 heteroatoms. The summed E-state index contributed by atoms with van der Waals surface area (Å²) in [7, 11) is 0. The first-order chi connectivity index (χ1) is 6.74. The van der Waals surface area contributed by atoms with Crippen molar-refractivity contribution in [1.29, 1.82) is 0 Å². The number of hydrogen-bond donors (Lipinski definition) is 3. The molecular weight excluding hydrogens is 180 g/mol. The molecule has 1 atom stereocenters. The van der Waals surface area contributed by atoms with E-state index in [1.807, 2.05) is 13.0 Å². The summed E-state index contributed by atoms with van der Waals surface area (Å²) in [4.78, 5) is 11.4. The molecular formula is C9H16N4O. The van der Waals surface area contributed by atoms with Crippen LogP contribution >= 0.6 is 0 Å². The number of aromatic amines is 1. The zero-order chi connectivity index (χ0) is 10.4. The van der Waals surface area contributed by atoms with E-state index in [9.17, 15) is 4.79 Å². The summed E-state index contributed by atoms with van der Waals surface area (Å²) in [6.07, 6.45) is 3.28. The molecule has 0 unspecified atom stereocenters. The van der Waals surface area contributed by atoms with Crippen LogP contribution in [0.2, 0.25) is 0 Å². The van der Waals surface area contributed by atoms with Gasteiger partial charge in [-0.3, -0.25) is 9.89 Å². The molecule has 4 N–H and O–H groups in total. The molecule has 0 aliphatic carbocycles. The standard InChI is InChI=1S/C9H16N4O/c1-2-3-8(10)9(14)11-6-7-4-5-12-13-7/h4-5,8H,2-3,6,10H2,1H3,(H,11,14)(H,12,13)/t8-/m1/s1. The molecule has 1 aromatic heterocycles. The monoisotopic (exact) mass is 196 g/mol. The Morgan fingerprint density at radius 2 is 2.57 bits per heavy atom. The largest absolute Gasteiger partial charge is 0.349 e. The molecule has 5 nitrogen and oxygen atoms in total. The van der Waals surface area contributed by atoms with E-state index in [-0.39, 0.29) is 5.91 Å². The van der Waals surface area contributed by atoms with Gasteiger partial charge in [-0.2, -0.15) is 5.10 Å². The Bertz CT molecular complexity index is 270. The van der Waals surface area contributed by atoms with Gasteiger partial charge in [-0.25, -0.2) is 0 Å². The molecule has 0 aliphatic rings. The van der Waals surface area contributed by atoms with Gasteiger partial charge in [-0.05, 0) is 12.5 Å². The molecule has 0 aromatic carbocycles. The lowest BCUT2D eigenvalue weighted by Crippen LogP contribution is -2.40. The normalized spacial score (nSPS) is 12.4. The maximum absolute atomic E-state index is 11.4. The number of aromatic nitrogens is 2. The van der Waals surface area contributed by atoms with Crippen molar-refractivity contribution in [3.63, 3.8) is 0 Å². The third-order valence-electron chi connectivity index (χ3n) is 1.95. The van der Waals surface area contributed by atoms with Crippen molar-refractivity contribution in [2.45, 2.75) is 32.4 Å². The zero-order valence-corrected chi connectivity index (χ0v) is 8.29. The Kier molecular flexibility index (Phi) is 4.12. The summed E-state index contributed by atoms with van der Waals surface area (Å²) in [6.45, 7) is 2.46. The Morgan fingerprint density at radius 1 is 1.79 bits per heavy atom. The van der Waals surface area contributed by atoms with Crippen LogP contribution in [0.25, 0.3) is 0 Å². The van der Waals surface area contributed by atoms with Crippen LogP contribution in [0.4, 0.5) is 0 Å². The van der Waals surface area contributed by atoms with Gasteiger partial charge >= 0.3 is 0 Å². The minimum atomic E-state index is -0.400. The Labute approximate surface area is 83.1 Å². The van der Waals surface area contributed by atoms with Crippen LogP contribution in [-0.2, 0) is 11.3 Å². The van der Waals surface area contributed by atoms with E-state index in [2.05, 4.69) is 15.5 Å². The maximum atomic E-state index is 11.4. The first kappa shape index (κ1) is 10.7. The molecule has 1 aromatic rings. The third kappa shape index (κ3) is 3.18. The summed E-state index contributed by atoms with van der Waals surface area (Å²) < 4.78 is 0. The number of hydrogen-bond acceptors (Lipinski definition) is 3. The average Bonchev–Trinajstić information content (AvgIpc) is 2.67. The molecule has 1 rings (SSSR count). The lowest BCUT2D eigenvalue weighted by Gasteiger charge is -2.09. The molecule has 1 amide bonds. The Hall–Kier alpha value is -1.36. The zero-order valence-electron chi connectivity index (χ0n) is 8.29. The molecule has 0 saturated carbocycles. The fourth-order valence-corrected chi connectivity index (χ4v) is 1.14. The van der Waals surface area contributed by atoms with Crippen LogP contribution in [0.5, 0.6) is 0 Å². The minimum Gasteiger partial charge on any atom is -0.349 e. The molecule has 0 saturated heterocycles. The van der Waals surface area contributed by atoms with E-state index in [1.54, 1.807) is 6.20 Å². The van der Waals surface area contributed by atoms with Crippen LogP contribution in [0.1, 0.15) is 25.5 Å². The van der Waals surface area contributed by atoms with Gasteiger partial charge in [0.15, 0.2) is 0 Å². The summed E-state index contributed by atoms with van der Waals surface area (Å²) in [5.41, 5.74) is 6.51. The lowest BCUT2D eigenvalue weighted by atomic mass is 10.2. The van der Waals surface area contributed by atoms with Gasteiger partial charge in [0.05, 0.1) is 18.3 Å². The number of amides is 1. The topological polar surface area (TPSA) is 83.8 Å². The molecule has 0 aliphatic heterocycles. The number of rotatable bonds is 5. The highest BCUT2D eigenvalue weighted by Crippen LogP contribution is 1.95. The van der Waals surface area contributed by atoms with Gasteiger partial charge < -0.3 is 11.1 Å². The summed E-state index contributed by atoms with van der Waals surface area (Å²) >= 11 is 0. The quantitative estimate of drug-likeness (QED) is 0.627. The molecule has 0 bridgehead atoms. The smallest absolute Gasteiger partial charge is 0.237 e. The van der Waals surface area contributed by atoms with Gasteiger partial charge in [-0.1, -0.05) is 13.3 Å². The van der Waals surface area contributed by atoms with Crippen LogP contribution in [-0.4, -0.2) is 22.1 Å². The van der Waals surface area contributed by atoms with Crippen molar-refractivity contribution >= 4 is 5.91 Å². The number of carbonyl (C=O) groups excluding carboxylic acids is 1. The molecule has 0 radical (unpaired) electrons. The molecule has 0 spiro atoms. The number of nitrogens with zero attached hydrogens (tertiary/aromatic N) is 1. The van der Waals surface area contributed by atoms with Gasteiger partial charge in [0.2, 0.25) is 5.91 Å². The van der Waals surface area contributed by atoms with E-state index in [0.717, 1.165) is 18.5 Å². The van der Waals surface area contributed by atoms with E-state index >= 15 is 0 Å². The number of H-pyrrole nitrogens is 1. The van der Waals surface area contributed by atoms with Gasteiger partial charge in [-0.15, -0.1) is 0 Å². The molecule has 78 valence electrons. The van der Waals surface area contributed by atoms with Crippen LogP contribution in [0, 0.1) is 0 Å². The fourth-order valence-electron chi connectivity index (χ4n) is 1.14. The second kappa shape index (κ2) is 5.39. The van der Waals surface area contributed by atoms with Crippen LogP contribution < -0.4 is 11.1 Å². The number of carbonyl (C=O) groups is 1. The second-order valence-corrected chi connectivity index (χ2v) is 3.19. The van der Waals surface area contributed by atoms with Crippen molar-refractivity contribution in [3.05, 3.63) is 18.0 Å². The predicted molar refractivity (Wildman–Crippen MR) is 53.3 cm³/mol. The molecule has 0 fully saturated rings. The minimum absolute atomic E-state index is 0.110. The van der Waals surface area contributed by atoms with Crippen molar-refractivity contribution in [2.75, 3.05) is 0 Å². The van der Waals surface area contributed by atoms with Crippen LogP contribution in [0.3, 0.4) is 0 Å². The summed E-state index contributed by atoms with van der Waals surface area (Å²) in [6, 6.07) is 1.41. The summed E-state index contributed by atoms with van der Waals surface area (Å²) in [5.74, 6) is -0.110. The van der Waals surface area contributed by atoms with E-state index in [1.165, 1.54) is 0 Å². The van der Waals surface area contributed by atoms with Crippen LogP contribution in [0.15, 0.2) is 12.3 Å². The molecule has 1 heterocycles. The highest BCUT2D eigenvalue weighted by atomic mass is 16.2. The first-order valence-electron chi connectivity index (χ1n) is 4.75. The Balaban J connectivity index is 2.27. The third-order valence-corrected chi connectivity index (χ3v) is 1.95. The summed E-state index contributed by atoms with van der Waals surface area (Å²) in [5, 5.41) is 9.27. The van der Waals surface area contributed by atoms with Crippen molar-refractivity contribution in [1.82, 2.24) is 15.5 Å². The van der Waals surface area contributed by atoms with E-state index in [0.29, 0.717) is 6.54 Å². The van der Waals surface area contributed by atoms with Gasteiger partial charge in [0.25, 0.3) is 0 Å². The Morgan fingerprint density at radius 3 is 3.14 bits per heavy atom. The predicted octanol–water partition coefficient (Wildman–Crippen LogP) is 0.153. The van der Waals surface area contributed by atoms with Crippen molar-refractivity contribution in [3.8, 4) is 0 Å². The van der Waals surface area contributed by atoms with Gasteiger partial charge in [0.1, 0.15) is 0 Å². The first-order valence-corrected chi connectivity index (χ1v) is 4.75. The maximum Gasteiger partial charge on any atom is 0.237 e. The van der Waals surface area contributed by atoms with Crippen molar-refractivity contribution in [2.24, 2.45) is 5.73 Å². The highest BCUT2D eigenvalue weighted by Gasteiger charge is 2.11. The highest BCUT2D eigenvalue weighted by molar-refractivity contribution is 5.81. The van der Waals surface area contributed by atoms with E-state index < -0.39 is 6.04 Å². The lowest BCUT2D eigenvalue weighted by molar-refractivity contribution is -0.122. The molecule has 14 heavy (non-hydrogen) atoms. The van der Waals surface area contributed by atoms with Gasteiger partial charge in [0, 0.05) is 6.20 Å². The number of nitrogens with one attached hydrogen (secondary N) is 2. The van der Waals surface area contributed by atoms with Crippen molar-refractivity contribution < 1.29 is 4.79 Å². The fraction of sp³-hybridized carbons (Fsp3) is 0.556. The second-order valence-electron chi connectivity index (χ2n) is 3.19. The van der Waals surface area contributed by atoms with E-state index in [4.69, 9.17) is 5.73 Å². The number of nitrogens with two attached hydrogens (primary N) is 1. The average molecular weight is 196 g/mol.